The van der Waals surface area contributed by atoms with Crippen LogP contribution in [-0.2, 0) is 4.79 Å². The van der Waals surface area contributed by atoms with Crippen LogP contribution in [0.25, 0.3) is 17.4 Å². The van der Waals surface area contributed by atoms with Gasteiger partial charge in [0.05, 0.1) is 39.4 Å². The third-order valence-electron chi connectivity index (χ3n) is 4.14. The predicted molar refractivity (Wildman–Crippen MR) is 116 cm³/mol. The summed E-state index contributed by atoms with van der Waals surface area (Å²) in [6.45, 7) is 0. The lowest BCUT2D eigenvalue weighted by Crippen LogP contribution is -2.13. The molecule has 0 aliphatic rings. The van der Waals surface area contributed by atoms with Crippen molar-refractivity contribution in [3.05, 3.63) is 80.0 Å². The molecular formula is C21H13Cl2N3O5. The second kappa shape index (κ2) is 9.34. The Morgan fingerprint density at radius 1 is 1.26 bits per heavy atom. The Morgan fingerprint density at radius 3 is 2.71 bits per heavy atom. The van der Waals surface area contributed by atoms with Crippen molar-refractivity contribution in [1.29, 1.82) is 5.26 Å². The summed E-state index contributed by atoms with van der Waals surface area (Å²) in [7, 11) is 1.38. The quantitative estimate of drug-likeness (QED) is 0.219. The highest BCUT2D eigenvalue weighted by Crippen LogP contribution is 2.35. The Hall–Kier alpha value is -3.80. The van der Waals surface area contributed by atoms with E-state index in [-0.39, 0.29) is 38.5 Å². The third-order valence-corrected chi connectivity index (χ3v) is 4.96. The van der Waals surface area contributed by atoms with E-state index < -0.39 is 10.8 Å². The van der Waals surface area contributed by atoms with E-state index in [0.29, 0.717) is 11.3 Å². The van der Waals surface area contributed by atoms with E-state index >= 15 is 0 Å². The topological polar surface area (TPSA) is 118 Å². The lowest BCUT2D eigenvalue weighted by atomic mass is 10.1. The minimum absolute atomic E-state index is 0.129. The Morgan fingerprint density at radius 2 is 2.03 bits per heavy atom. The molecule has 0 saturated carbocycles. The van der Waals surface area contributed by atoms with Gasteiger partial charge in [-0.05, 0) is 30.3 Å². The van der Waals surface area contributed by atoms with Gasteiger partial charge in [-0.1, -0.05) is 29.3 Å². The number of carbonyl (C=O) groups excluding carboxylic acids is 1. The van der Waals surface area contributed by atoms with Crippen LogP contribution < -0.4 is 10.1 Å². The number of non-ortho nitro benzene ring substituents is 1. The van der Waals surface area contributed by atoms with Crippen LogP contribution in [0.5, 0.6) is 5.75 Å². The van der Waals surface area contributed by atoms with Gasteiger partial charge < -0.3 is 14.5 Å². The van der Waals surface area contributed by atoms with E-state index in [9.17, 15) is 20.2 Å². The Labute approximate surface area is 186 Å². The second-order valence-electron chi connectivity index (χ2n) is 6.07. The van der Waals surface area contributed by atoms with Crippen molar-refractivity contribution < 1.29 is 18.9 Å². The zero-order chi connectivity index (χ0) is 22.5. The third kappa shape index (κ3) is 4.86. The summed E-state index contributed by atoms with van der Waals surface area (Å²) >= 11 is 12.0. The maximum absolute atomic E-state index is 12.5. The molecule has 3 aromatic rings. The maximum Gasteiger partial charge on any atom is 0.273 e. The summed E-state index contributed by atoms with van der Waals surface area (Å²) in [5, 5.41) is 23.3. The number of methoxy groups -OCH3 is 1. The second-order valence-corrected chi connectivity index (χ2v) is 6.85. The van der Waals surface area contributed by atoms with Gasteiger partial charge in [-0.2, -0.15) is 5.26 Å². The molecule has 1 heterocycles. The molecule has 156 valence electrons. The average Bonchev–Trinajstić information content (AvgIpc) is 3.23. The number of halogens is 2. The Bertz CT molecular complexity index is 1240. The standard InChI is InChI=1S/C21H13Cl2N3O5/c1-30-19-10-13(26(28)29)5-7-15(19)18-8-6-14(31-18)9-12(11-24)21(27)25-17-4-2-3-16(22)20(17)23/h2-10H,1H3,(H,25,27)/b12-9-. The molecule has 0 spiro atoms. The van der Waals surface area contributed by atoms with Crippen molar-refractivity contribution in [1.82, 2.24) is 0 Å². The van der Waals surface area contributed by atoms with Gasteiger partial charge >= 0.3 is 0 Å². The first-order valence-electron chi connectivity index (χ1n) is 8.64. The number of nitriles is 1. The van der Waals surface area contributed by atoms with Crippen LogP contribution >= 0.6 is 23.2 Å². The van der Waals surface area contributed by atoms with Crippen LogP contribution in [-0.4, -0.2) is 17.9 Å². The number of hydrogen-bond donors (Lipinski definition) is 1. The molecule has 0 bridgehead atoms. The van der Waals surface area contributed by atoms with Crippen LogP contribution in [0.1, 0.15) is 5.76 Å². The van der Waals surface area contributed by atoms with Crippen LogP contribution in [0.4, 0.5) is 11.4 Å². The van der Waals surface area contributed by atoms with Crippen LogP contribution in [0, 0.1) is 21.4 Å². The fourth-order valence-corrected chi connectivity index (χ4v) is 3.00. The number of amides is 1. The van der Waals surface area contributed by atoms with Gasteiger partial charge in [0.15, 0.2) is 0 Å². The fraction of sp³-hybridized carbons (Fsp3) is 0.0476. The number of furan rings is 1. The number of carbonyl (C=O) groups is 1. The van der Waals surface area contributed by atoms with Crippen LogP contribution in [0.15, 0.2) is 58.5 Å². The summed E-state index contributed by atoms with van der Waals surface area (Å²) in [5.74, 6) is 0.110. The molecule has 8 nitrogen and oxygen atoms in total. The average molecular weight is 458 g/mol. The van der Waals surface area contributed by atoms with E-state index in [1.54, 1.807) is 30.3 Å². The van der Waals surface area contributed by atoms with Gasteiger partial charge in [0.2, 0.25) is 0 Å². The SMILES string of the molecule is COc1cc([N+](=O)[O-])ccc1-c1ccc(/C=C(/C#N)C(=O)Nc2cccc(Cl)c2Cl)o1. The summed E-state index contributed by atoms with van der Waals surface area (Å²) in [6.07, 6.45) is 1.26. The maximum atomic E-state index is 12.5. The molecule has 31 heavy (non-hydrogen) atoms. The number of nitro groups is 1. The molecular weight excluding hydrogens is 445 g/mol. The molecule has 3 rings (SSSR count). The largest absolute Gasteiger partial charge is 0.496 e. The monoisotopic (exact) mass is 457 g/mol. The van der Waals surface area contributed by atoms with Gasteiger partial charge in [0.25, 0.3) is 11.6 Å². The van der Waals surface area contributed by atoms with E-state index in [1.807, 2.05) is 6.07 Å². The molecule has 0 atom stereocenters. The van der Waals surface area contributed by atoms with Crippen LogP contribution in [0.2, 0.25) is 10.0 Å². The van der Waals surface area contributed by atoms with Crippen molar-refractivity contribution in [2.24, 2.45) is 0 Å². The van der Waals surface area contributed by atoms with Gasteiger partial charge in [0, 0.05) is 12.1 Å². The zero-order valence-electron chi connectivity index (χ0n) is 15.9. The molecule has 0 aliphatic heterocycles. The highest BCUT2D eigenvalue weighted by molar-refractivity contribution is 6.44. The normalized spacial score (nSPS) is 11.0. The van der Waals surface area contributed by atoms with Crippen molar-refractivity contribution in [3.8, 4) is 23.1 Å². The summed E-state index contributed by atoms with van der Waals surface area (Å²) in [4.78, 5) is 22.9. The lowest BCUT2D eigenvalue weighted by Gasteiger charge is -2.07. The minimum atomic E-state index is -0.697. The molecule has 0 unspecified atom stereocenters. The number of hydrogen-bond acceptors (Lipinski definition) is 6. The number of nitrogens with one attached hydrogen (secondary N) is 1. The first kappa shape index (κ1) is 21.9. The summed E-state index contributed by atoms with van der Waals surface area (Å²) in [6, 6.07) is 13.8. The van der Waals surface area contributed by atoms with Gasteiger partial charge in [-0.15, -0.1) is 0 Å². The Balaban J connectivity index is 1.87. The van der Waals surface area contributed by atoms with Gasteiger partial charge in [0.1, 0.15) is 28.9 Å². The van der Waals surface area contributed by atoms with Crippen LogP contribution in [0.3, 0.4) is 0 Å². The van der Waals surface area contributed by atoms with Gasteiger partial charge in [-0.25, -0.2) is 0 Å². The first-order chi connectivity index (χ1) is 14.8. The first-order valence-corrected chi connectivity index (χ1v) is 9.39. The molecule has 0 aliphatic carbocycles. The summed E-state index contributed by atoms with van der Waals surface area (Å²) in [5.41, 5.74) is 0.375. The molecule has 0 saturated heterocycles. The number of benzene rings is 2. The number of rotatable bonds is 6. The van der Waals surface area contributed by atoms with Crippen molar-refractivity contribution in [3.63, 3.8) is 0 Å². The zero-order valence-corrected chi connectivity index (χ0v) is 17.4. The minimum Gasteiger partial charge on any atom is -0.496 e. The molecule has 0 fully saturated rings. The summed E-state index contributed by atoms with van der Waals surface area (Å²) < 4.78 is 10.9. The highest BCUT2D eigenvalue weighted by atomic mass is 35.5. The molecule has 1 aromatic heterocycles. The molecule has 0 radical (unpaired) electrons. The van der Waals surface area contributed by atoms with E-state index in [4.69, 9.17) is 32.4 Å². The molecule has 10 heteroatoms. The predicted octanol–water partition coefficient (Wildman–Crippen LogP) is 5.72. The molecule has 2 aromatic carbocycles. The molecule has 1 N–H and O–H groups in total. The van der Waals surface area contributed by atoms with Gasteiger partial charge in [-0.3, -0.25) is 14.9 Å². The Kier molecular flexibility index (Phi) is 6.60. The molecule has 1 amide bonds. The number of nitrogens with zero attached hydrogens (tertiary/aromatic N) is 2. The fourth-order valence-electron chi connectivity index (χ4n) is 2.65. The van der Waals surface area contributed by atoms with E-state index in [2.05, 4.69) is 5.32 Å². The van der Waals surface area contributed by atoms with Crippen molar-refractivity contribution in [2.45, 2.75) is 0 Å². The van der Waals surface area contributed by atoms with Crippen molar-refractivity contribution in [2.75, 3.05) is 12.4 Å². The van der Waals surface area contributed by atoms with E-state index in [1.165, 1.54) is 31.4 Å². The number of nitro benzene ring substituents is 1. The number of ether oxygens (including phenoxy) is 1. The number of anilines is 1. The van der Waals surface area contributed by atoms with Crippen molar-refractivity contribution >= 4 is 46.6 Å². The smallest absolute Gasteiger partial charge is 0.273 e. The van der Waals surface area contributed by atoms with E-state index in [0.717, 1.165) is 0 Å². The lowest BCUT2D eigenvalue weighted by molar-refractivity contribution is -0.384. The highest BCUT2D eigenvalue weighted by Gasteiger charge is 2.17.